The Morgan fingerprint density at radius 1 is 1.31 bits per heavy atom. The topological polar surface area (TPSA) is 196 Å². The van der Waals surface area contributed by atoms with Crippen LogP contribution in [-0.4, -0.2) is 65.3 Å². The minimum Gasteiger partial charge on any atom is -0.390 e. The van der Waals surface area contributed by atoms with Crippen LogP contribution in [0.15, 0.2) is 18.6 Å². The average Bonchev–Trinajstić information content (AvgIpc) is 3.12. The van der Waals surface area contributed by atoms with E-state index in [1.807, 2.05) is 0 Å². The number of hydrogen-bond donors (Lipinski definition) is 6. The van der Waals surface area contributed by atoms with Crippen molar-refractivity contribution in [2.24, 2.45) is 11.3 Å². The SMILES string of the molecule is CNc1ccnc2c1ncn2[C@H]1[C@H](O)[C@H](O)[C@]2(COP(=O)(O)OP(=O)(O)O)C[C@H]12. The zero-order chi connectivity index (χ0) is 21.2. The number of rotatable bonds is 7. The molecule has 2 saturated carbocycles. The first-order chi connectivity index (χ1) is 13.5. The third-order valence-corrected chi connectivity index (χ3v) is 7.74. The van der Waals surface area contributed by atoms with Crippen LogP contribution in [0.4, 0.5) is 5.69 Å². The van der Waals surface area contributed by atoms with Crippen LogP contribution in [-0.2, 0) is 18.0 Å². The third-order valence-electron chi connectivity index (χ3n) is 5.61. The van der Waals surface area contributed by atoms with Gasteiger partial charge in [-0.05, 0) is 18.4 Å². The number of hydrogen-bond acceptors (Lipinski definition) is 9. The van der Waals surface area contributed by atoms with Gasteiger partial charge in [0, 0.05) is 18.7 Å². The zero-order valence-electron chi connectivity index (χ0n) is 15.1. The molecule has 2 aliphatic rings. The van der Waals surface area contributed by atoms with Crippen molar-refractivity contribution in [1.29, 1.82) is 0 Å². The summed E-state index contributed by atoms with van der Waals surface area (Å²) in [6, 6.07) is 1.13. The lowest BCUT2D eigenvalue weighted by Crippen LogP contribution is -2.35. The van der Waals surface area contributed by atoms with E-state index >= 15 is 0 Å². The van der Waals surface area contributed by atoms with E-state index in [0.717, 1.165) is 5.69 Å². The van der Waals surface area contributed by atoms with Gasteiger partial charge in [0.2, 0.25) is 0 Å². The second kappa shape index (κ2) is 6.81. The van der Waals surface area contributed by atoms with Gasteiger partial charge >= 0.3 is 15.6 Å². The van der Waals surface area contributed by atoms with Gasteiger partial charge in [0.25, 0.3) is 0 Å². The normalized spacial score (nSPS) is 33.4. The molecule has 0 amide bonds. The Balaban J connectivity index is 1.58. The van der Waals surface area contributed by atoms with E-state index in [9.17, 15) is 24.2 Å². The number of nitrogens with one attached hydrogen (secondary N) is 1. The van der Waals surface area contributed by atoms with Crippen molar-refractivity contribution >= 4 is 32.5 Å². The molecule has 2 fully saturated rings. The van der Waals surface area contributed by atoms with Crippen molar-refractivity contribution in [2.45, 2.75) is 24.7 Å². The molecule has 0 aromatic carbocycles. The second-order valence-electron chi connectivity index (χ2n) is 7.22. The predicted octanol–water partition coefficient (Wildman–Crippen LogP) is -0.0179. The molecule has 15 heteroatoms. The fourth-order valence-corrected chi connectivity index (χ4v) is 5.91. The number of imidazole rings is 1. The van der Waals surface area contributed by atoms with E-state index in [1.54, 1.807) is 23.9 Å². The number of fused-ring (bicyclic) bond motifs is 2. The number of anilines is 1. The molecule has 0 aliphatic heterocycles. The van der Waals surface area contributed by atoms with Crippen LogP contribution in [0.25, 0.3) is 11.2 Å². The summed E-state index contributed by atoms with van der Waals surface area (Å²) in [7, 11) is -8.57. The van der Waals surface area contributed by atoms with Gasteiger partial charge in [0.15, 0.2) is 5.65 Å². The highest BCUT2D eigenvalue weighted by molar-refractivity contribution is 7.60. The molecule has 160 valence electrons. The van der Waals surface area contributed by atoms with Crippen molar-refractivity contribution < 1.29 is 42.9 Å². The molecule has 0 saturated heterocycles. The van der Waals surface area contributed by atoms with Gasteiger partial charge in [-0.25, -0.2) is 19.1 Å². The molecule has 2 aliphatic carbocycles. The quantitative estimate of drug-likeness (QED) is 0.309. The fraction of sp³-hybridized carbons (Fsp3) is 0.571. The van der Waals surface area contributed by atoms with Crippen LogP contribution >= 0.6 is 15.6 Å². The summed E-state index contributed by atoms with van der Waals surface area (Å²) in [6.07, 6.45) is 0.918. The maximum absolute atomic E-state index is 11.7. The van der Waals surface area contributed by atoms with Gasteiger partial charge in [0.1, 0.15) is 11.6 Å². The van der Waals surface area contributed by atoms with Gasteiger partial charge in [-0.15, -0.1) is 0 Å². The van der Waals surface area contributed by atoms with Crippen molar-refractivity contribution in [3.8, 4) is 0 Å². The second-order valence-corrected chi connectivity index (χ2v) is 10.0. The third kappa shape index (κ3) is 3.52. The molecular formula is C14H20N4O9P2. The summed E-state index contributed by atoms with van der Waals surface area (Å²) in [5.41, 5.74) is 0.760. The zero-order valence-corrected chi connectivity index (χ0v) is 16.8. The van der Waals surface area contributed by atoms with Crippen LogP contribution in [0, 0.1) is 11.3 Å². The molecule has 0 spiro atoms. The molecule has 0 radical (unpaired) electrons. The minimum absolute atomic E-state index is 0.333. The molecule has 1 unspecified atom stereocenters. The summed E-state index contributed by atoms with van der Waals surface area (Å²) >= 11 is 0. The van der Waals surface area contributed by atoms with E-state index in [2.05, 4.69) is 19.6 Å². The lowest BCUT2D eigenvalue weighted by atomic mass is 10.0. The number of phosphoric acid groups is 2. The predicted molar refractivity (Wildman–Crippen MR) is 97.6 cm³/mol. The summed E-state index contributed by atoms with van der Waals surface area (Å²) < 4.78 is 32.7. The molecule has 2 aromatic heterocycles. The van der Waals surface area contributed by atoms with Crippen molar-refractivity contribution in [3.63, 3.8) is 0 Å². The van der Waals surface area contributed by atoms with Crippen LogP contribution in [0.3, 0.4) is 0 Å². The number of aliphatic hydroxyl groups is 2. The Bertz CT molecular complexity index is 1040. The van der Waals surface area contributed by atoms with E-state index < -0.39 is 45.9 Å². The summed E-state index contributed by atoms with van der Waals surface area (Å²) in [6.45, 7) is -0.526. The van der Waals surface area contributed by atoms with Gasteiger partial charge in [-0.3, -0.25) is 4.52 Å². The molecule has 4 rings (SSSR count). The smallest absolute Gasteiger partial charge is 0.390 e. The number of aliphatic hydroxyl groups excluding tert-OH is 2. The Hall–Kier alpha value is -1.40. The Kier molecular flexibility index (Phi) is 4.90. The monoisotopic (exact) mass is 450 g/mol. The van der Waals surface area contributed by atoms with E-state index in [-0.39, 0.29) is 5.92 Å². The van der Waals surface area contributed by atoms with Gasteiger partial charge in [-0.1, -0.05) is 0 Å². The van der Waals surface area contributed by atoms with Gasteiger partial charge in [0.05, 0.1) is 30.8 Å². The highest BCUT2D eigenvalue weighted by Gasteiger charge is 2.72. The Morgan fingerprint density at radius 3 is 2.69 bits per heavy atom. The van der Waals surface area contributed by atoms with Crippen LogP contribution in [0.2, 0.25) is 0 Å². The lowest BCUT2D eigenvalue weighted by Gasteiger charge is -2.24. The molecule has 13 nitrogen and oxygen atoms in total. The number of pyridine rings is 1. The maximum atomic E-state index is 11.7. The van der Waals surface area contributed by atoms with E-state index in [0.29, 0.717) is 17.6 Å². The maximum Gasteiger partial charge on any atom is 0.481 e. The number of aromatic nitrogens is 3. The van der Waals surface area contributed by atoms with Crippen LogP contribution in [0.1, 0.15) is 12.5 Å². The molecule has 29 heavy (non-hydrogen) atoms. The fourth-order valence-electron chi connectivity index (χ4n) is 4.24. The van der Waals surface area contributed by atoms with Crippen molar-refractivity contribution in [2.75, 3.05) is 19.0 Å². The first-order valence-electron chi connectivity index (χ1n) is 8.59. The van der Waals surface area contributed by atoms with E-state index in [4.69, 9.17) is 14.3 Å². The standard InChI is InChI=1S/C14H20N4O9P2/c1-15-8-2-3-16-13-9(8)17-6-18(13)10-7-4-14(7,12(20)11(10)19)5-26-29(24,25)27-28(21,22)23/h2-3,6-7,10-12,19-20H,4-5H2,1H3,(H,15,16)(H,24,25)(H2,21,22,23)/t7-,10-,11+,12+,14+/m1/s1. The van der Waals surface area contributed by atoms with Gasteiger partial charge in [-0.2, -0.15) is 4.31 Å². The summed E-state index contributed by atoms with van der Waals surface area (Å²) in [4.78, 5) is 35.5. The highest BCUT2D eigenvalue weighted by Crippen LogP contribution is 2.69. The lowest BCUT2D eigenvalue weighted by molar-refractivity contribution is -0.0297. The number of nitrogens with zero attached hydrogens (tertiary/aromatic N) is 3. The van der Waals surface area contributed by atoms with Gasteiger partial charge < -0.3 is 34.8 Å². The molecule has 2 heterocycles. The molecule has 6 N–H and O–H groups in total. The summed E-state index contributed by atoms with van der Waals surface area (Å²) in [5, 5.41) is 24.2. The Labute approximate surface area is 164 Å². The largest absolute Gasteiger partial charge is 0.481 e. The molecule has 6 atom stereocenters. The Morgan fingerprint density at radius 2 is 2.03 bits per heavy atom. The average molecular weight is 450 g/mol. The molecule has 2 aromatic rings. The minimum atomic E-state index is -5.25. The first-order valence-corrected chi connectivity index (χ1v) is 11.6. The van der Waals surface area contributed by atoms with Crippen LogP contribution in [0.5, 0.6) is 0 Å². The first kappa shape index (κ1) is 20.9. The molecular weight excluding hydrogens is 430 g/mol. The molecule has 0 bridgehead atoms. The van der Waals surface area contributed by atoms with Crippen molar-refractivity contribution in [1.82, 2.24) is 14.5 Å². The summed E-state index contributed by atoms with van der Waals surface area (Å²) in [5.74, 6) is -0.333. The van der Waals surface area contributed by atoms with Crippen LogP contribution < -0.4 is 5.32 Å². The van der Waals surface area contributed by atoms with E-state index in [1.165, 1.54) is 6.33 Å². The number of phosphoric ester groups is 1. The van der Waals surface area contributed by atoms with Crippen molar-refractivity contribution in [3.05, 3.63) is 18.6 Å². The highest BCUT2D eigenvalue weighted by atomic mass is 31.3.